The van der Waals surface area contributed by atoms with Gasteiger partial charge in [-0.2, -0.15) is 0 Å². The second kappa shape index (κ2) is 7.44. The fraction of sp³-hybridized carbons (Fsp3) is 0.438. The highest BCUT2D eigenvalue weighted by Gasteiger charge is 2.21. The van der Waals surface area contributed by atoms with Crippen molar-refractivity contribution in [3.05, 3.63) is 29.3 Å². The first-order valence-corrected chi connectivity index (χ1v) is 9.28. The van der Waals surface area contributed by atoms with Crippen LogP contribution in [0.15, 0.2) is 29.4 Å². The Kier molecular flexibility index (Phi) is 5.30. The van der Waals surface area contributed by atoms with E-state index in [9.17, 15) is 4.79 Å². The smallest absolute Gasteiger partial charge is 0.233 e. The molecule has 2 aromatic rings. The summed E-state index contributed by atoms with van der Waals surface area (Å²) in [4.78, 5) is 14.2. The molecule has 1 amide bonds. The van der Waals surface area contributed by atoms with Crippen LogP contribution in [0.3, 0.4) is 0 Å². The van der Waals surface area contributed by atoms with Crippen LogP contribution in [0.25, 0.3) is 11.4 Å². The molecule has 6 nitrogen and oxygen atoms in total. The third-order valence-corrected chi connectivity index (χ3v) is 5.50. The summed E-state index contributed by atoms with van der Waals surface area (Å²) in [6.07, 6.45) is 2.14. The number of likely N-dealkylation sites (tertiary alicyclic amines) is 1. The van der Waals surface area contributed by atoms with E-state index in [0.29, 0.717) is 27.7 Å². The van der Waals surface area contributed by atoms with Gasteiger partial charge in [-0.05, 0) is 30.9 Å². The molecule has 1 aliphatic rings. The van der Waals surface area contributed by atoms with Crippen molar-refractivity contribution < 1.29 is 4.79 Å². The summed E-state index contributed by atoms with van der Waals surface area (Å²) < 4.78 is 1.39. The number of halogens is 1. The molecule has 1 saturated heterocycles. The molecular formula is C16H20ClN5OS. The Bertz CT molecular complexity index is 727. The van der Waals surface area contributed by atoms with E-state index < -0.39 is 0 Å². The summed E-state index contributed by atoms with van der Waals surface area (Å²) in [6, 6.07) is 7.32. The number of piperidine rings is 1. The van der Waals surface area contributed by atoms with Crippen molar-refractivity contribution in [2.24, 2.45) is 5.92 Å². The van der Waals surface area contributed by atoms with Gasteiger partial charge < -0.3 is 10.7 Å². The Hall–Kier alpha value is -1.73. The van der Waals surface area contributed by atoms with Crippen molar-refractivity contribution in [1.29, 1.82) is 0 Å². The number of nitrogens with two attached hydrogens (primary N) is 1. The molecule has 0 spiro atoms. The maximum Gasteiger partial charge on any atom is 0.233 e. The van der Waals surface area contributed by atoms with E-state index in [2.05, 4.69) is 17.1 Å². The maximum absolute atomic E-state index is 12.3. The predicted octanol–water partition coefficient (Wildman–Crippen LogP) is 2.66. The van der Waals surface area contributed by atoms with Crippen molar-refractivity contribution in [3.8, 4) is 11.4 Å². The van der Waals surface area contributed by atoms with Crippen LogP contribution >= 0.6 is 23.4 Å². The van der Waals surface area contributed by atoms with Crippen molar-refractivity contribution in [2.75, 3.05) is 24.7 Å². The number of nitrogens with zero attached hydrogens (tertiary/aromatic N) is 4. The van der Waals surface area contributed by atoms with Gasteiger partial charge in [0.2, 0.25) is 11.1 Å². The lowest BCUT2D eigenvalue weighted by Crippen LogP contribution is -2.39. The van der Waals surface area contributed by atoms with Gasteiger partial charge in [0.15, 0.2) is 5.82 Å². The van der Waals surface area contributed by atoms with Crippen LogP contribution in [-0.2, 0) is 4.79 Å². The number of benzene rings is 1. The summed E-state index contributed by atoms with van der Waals surface area (Å²) in [5, 5.41) is 9.25. The number of nitrogen functional groups attached to an aromatic ring is 1. The lowest BCUT2D eigenvalue weighted by atomic mass is 9.99. The number of carbonyl (C=O) groups is 1. The number of hydrogen-bond donors (Lipinski definition) is 1. The van der Waals surface area contributed by atoms with Gasteiger partial charge in [0.1, 0.15) is 0 Å². The lowest BCUT2D eigenvalue weighted by Gasteiger charge is -2.30. The lowest BCUT2D eigenvalue weighted by molar-refractivity contribution is -0.129. The largest absolute Gasteiger partial charge is 0.342 e. The highest BCUT2D eigenvalue weighted by molar-refractivity contribution is 7.99. The van der Waals surface area contributed by atoms with E-state index >= 15 is 0 Å². The highest BCUT2D eigenvalue weighted by Crippen LogP contribution is 2.27. The molecule has 8 heteroatoms. The van der Waals surface area contributed by atoms with E-state index in [1.165, 1.54) is 16.4 Å². The molecule has 128 valence electrons. The molecule has 2 heterocycles. The van der Waals surface area contributed by atoms with E-state index in [4.69, 9.17) is 17.4 Å². The van der Waals surface area contributed by atoms with Crippen LogP contribution in [0.4, 0.5) is 0 Å². The number of rotatable bonds is 4. The minimum absolute atomic E-state index is 0.120. The Morgan fingerprint density at radius 1 is 1.33 bits per heavy atom. The summed E-state index contributed by atoms with van der Waals surface area (Å²) in [5.74, 6) is 7.69. The molecule has 1 fully saturated rings. The predicted molar refractivity (Wildman–Crippen MR) is 96.3 cm³/mol. The quantitative estimate of drug-likeness (QED) is 0.665. The Morgan fingerprint density at radius 3 is 2.75 bits per heavy atom. The van der Waals surface area contributed by atoms with Crippen LogP contribution < -0.4 is 5.84 Å². The first-order chi connectivity index (χ1) is 11.6. The van der Waals surface area contributed by atoms with E-state index in [0.717, 1.165) is 31.5 Å². The van der Waals surface area contributed by atoms with E-state index in [1.54, 1.807) is 6.07 Å². The van der Waals surface area contributed by atoms with Gasteiger partial charge >= 0.3 is 0 Å². The second-order valence-electron chi connectivity index (χ2n) is 6.01. The standard InChI is InChI=1S/C16H20ClN5OS/c1-11-6-8-21(9-7-11)14(23)10-24-16-20-19-15(22(16)18)12-4-2-3-5-13(12)17/h2-5,11H,6-10,18H2,1H3. The Balaban J connectivity index is 1.65. The number of amides is 1. The zero-order valence-electron chi connectivity index (χ0n) is 13.5. The Labute approximate surface area is 150 Å². The van der Waals surface area contributed by atoms with Crippen molar-refractivity contribution in [1.82, 2.24) is 19.8 Å². The number of thioether (sulfide) groups is 1. The highest BCUT2D eigenvalue weighted by atomic mass is 35.5. The number of aromatic nitrogens is 3. The molecule has 24 heavy (non-hydrogen) atoms. The molecule has 1 aliphatic heterocycles. The SMILES string of the molecule is CC1CCN(C(=O)CSc2nnc(-c3ccccc3Cl)n2N)CC1. The van der Waals surface area contributed by atoms with Gasteiger partial charge in [0, 0.05) is 18.7 Å². The van der Waals surface area contributed by atoms with Crippen LogP contribution in [0.2, 0.25) is 5.02 Å². The van der Waals surface area contributed by atoms with Crippen molar-refractivity contribution in [3.63, 3.8) is 0 Å². The van der Waals surface area contributed by atoms with E-state index in [-0.39, 0.29) is 5.91 Å². The summed E-state index contributed by atoms with van der Waals surface area (Å²) in [7, 11) is 0. The summed E-state index contributed by atoms with van der Waals surface area (Å²) in [5.41, 5.74) is 0.720. The molecular weight excluding hydrogens is 346 g/mol. The van der Waals surface area contributed by atoms with Gasteiger partial charge in [-0.25, -0.2) is 4.68 Å². The average molecular weight is 366 g/mol. The molecule has 2 N–H and O–H groups in total. The third-order valence-electron chi connectivity index (χ3n) is 4.24. The molecule has 1 aromatic heterocycles. The number of carbonyl (C=O) groups excluding carboxylic acids is 1. The van der Waals surface area contributed by atoms with Gasteiger partial charge in [0.05, 0.1) is 10.8 Å². The van der Waals surface area contributed by atoms with Gasteiger partial charge in [0.25, 0.3) is 0 Å². The normalized spacial score (nSPS) is 15.7. The minimum atomic E-state index is 0.120. The molecule has 1 aromatic carbocycles. The third kappa shape index (κ3) is 3.67. The minimum Gasteiger partial charge on any atom is -0.342 e. The first-order valence-electron chi connectivity index (χ1n) is 7.92. The first kappa shape index (κ1) is 17.1. The number of hydrogen-bond acceptors (Lipinski definition) is 5. The van der Waals surface area contributed by atoms with Gasteiger partial charge in [-0.3, -0.25) is 4.79 Å². The molecule has 0 saturated carbocycles. The Morgan fingerprint density at radius 2 is 2.04 bits per heavy atom. The van der Waals surface area contributed by atoms with Crippen LogP contribution in [0.5, 0.6) is 0 Å². The zero-order valence-corrected chi connectivity index (χ0v) is 15.1. The summed E-state index contributed by atoms with van der Waals surface area (Å²) >= 11 is 7.48. The maximum atomic E-state index is 12.3. The van der Waals surface area contributed by atoms with Crippen molar-refractivity contribution >= 4 is 29.3 Å². The average Bonchev–Trinajstić information content (AvgIpc) is 2.94. The second-order valence-corrected chi connectivity index (χ2v) is 7.36. The monoisotopic (exact) mass is 365 g/mol. The fourth-order valence-corrected chi connectivity index (χ4v) is 3.66. The molecule has 0 radical (unpaired) electrons. The zero-order chi connectivity index (χ0) is 17.1. The van der Waals surface area contributed by atoms with Crippen LogP contribution in [0, 0.1) is 5.92 Å². The van der Waals surface area contributed by atoms with Crippen molar-refractivity contribution in [2.45, 2.75) is 24.9 Å². The molecule has 0 aliphatic carbocycles. The fourth-order valence-electron chi connectivity index (χ4n) is 2.68. The molecule has 0 atom stereocenters. The van der Waals surface area contributed by atoms with E-state index in [1.807, 2.05) is 23.1 Å². The van der Waals surface area contributed by atoms with Crippen LogP contribution in [0.1, 0.15) is 19.8 Å². The molecule has 0 bridgehead atoms. The summed E-state index contributed by atoms with van der Waals surface area (Å²) in [6.45, 7) is 3.89. The van der Waals surface area contributed by atoms with Gasteiger partial charge in [-0.1, -0.05) is 42.4 Å². The topological polar surface area (TPSA) is 77.0 Å². The van der Waals surface area contributed by atoms with Gasteiger partial charge in [-0.15, -0.1) is 10.2 Å². The molecule has 0 unspecified atom stereocenters. The van der Waals surface area contributed by atoms with Crippen LogP contribution in [-0.4, -0.2) is 44.5 Å². The molecule has 3 rings (SSSR count).